The molecule has 1 atom stereocenters. The molecule has 1 aliphatic rings. The second-order valence-corrected chi connectivity index (χ2v) is 3.26. The van der Waals surface area contributed by atoms with Crippen molar-refractivity contribution in [1.29, 1.82) is 0 Å². The van der Waals surface area contributed by atoms with Gasteiger partial charge in [-0.1, -0.05) is 6.92 Å². The van der Waals surface area contributed by atoms with Gasteiger partial charge in [-0.2, -0.15) is 0 Å². The molecule has 0 amide bonds. The SMILES string of the molecule is CCOC1=C(F)C[C@H](C)CC=C1F. The summed E-state index contributed by atoms with van der Waals surface area (Å²) in [6.07, 6.45) is 2.22. The van der Waals surface area contributed by atoms with Gasteiger partial charge in [0.05, 0.1) is 6.61 Å². The average Bonchev–Trinajstić information content (AvgIpc) is 2.19. The highest BCUT2D eigenvalue weighted by Crippen LogP contribution is 2.29. The molecule has 0 saturated heterocycles. The molecule has 0 heterocycles. The van der Waals surface area contributed by atoms with Crippen molar-refractivity contribution in [3.63, 3.8) is 0 Å². The summed E-state index contributed by atoms with van der Waals surface area (Å²) in [5, 5.41) is 0. The van der Waals surface area contributed by atoms with Gasteiger partial charge in [0.15, 0.2) is 11.6 Å². The lowest BCUT2D eigenvalue weighted by molar-refractivity contribution is 0.211. The summed E-state index contributed by atoms with van der Waals surface area (Å²) in [6, 6.07) is 0. The van der Waals surface area contributed by atoms with E-state index in [-0.39, 0.29) is 18.1 Å². The highest BCUT2D eigenvalue weighted by molar-refractivity contribution is 5.24. The van der Waals surface area contributed by atoms with Crippen molar-refractivity contribution in [2.24, 2.45) is 5.92 Å². The molecule has 13 heavy (non-hydrogen) atoms. The van der Waals surface area contributed by atoms with Gasteiger partial charge in [0.1, 0.15) is 5.83 Å². The van der Waals surface area contributed by atoms with Crippen LogP contribution in [0.4, 0.5) is 8.78 Å². The molecule has 0 spiro atoms. The van der Waals surface area contributed by atoms with E-state index in [4.69, 9.17) is 4.74 Å². The number of allylic oxidation sites excluding steroid dienone is 3. The van der Waals surface area contributed by atoms with E-state index in [1.165, 1.54) is 6.08 Å². The van der Waals surface area contributed by atoms with Crippen molar-refractivity contribution in [2.45, 2.75) is 26.7 Å². The molecule has 0 aromatic carbocycles. The number of hydrogen-bond donors (Lipinski definition) is 0. The zero-order valence-electron chi connectivity index (χ0n) is 7.94. The molecule has 74 valence electrons. The van der Waals surface area contributed by atoms with Crippen LogP contribution in [0.25, 0.3) is 0 Å². The van der Waals surface area contributed by atoms with Gasteiger partial charge in [-0.15, -0.1) is 0 Å². The van der Waals surface area contributed by atoms with Gasteiger partial charge in [-0.25, -0.2) is 8.78 Å². The summed E-state index contributed by atoms with van der Waals surface area (Å²) >= 11 is 0. The highest BCUT2D eigenvalue weighted by atomic mass is 19.1. The molecule has 0 saturated carbocycles. The van der Waals surface area contributed by atoms with Crippen LogP contribution in [-0.2, 0) is 4.74 Å². The summed E-state index contributed by atoms with van der Waals surface area (Å²) in [5.74, 6) is -1.10. The molecule has 0 N–H and O–H groups in total. The van der Waals surface area contributed by atoms with Crippen LogP contribution in [0, 0.1) is 5.92 Å². The van der Waals surface area contributed by atoms with Crippen LogP contribution in [0.1, 0.15) is 26.7 Å². The first kappa shape index (κ1) is 10.2. The fourth-order valence-corrected chi connectivity index (χ4v) is 1.30. The van der Waals surface area contributed by atoms with Gasteiger partial charge in [-0.3, -0.25) is 0 Å². The van der Waals surface area contributed by atoms with Gasteiger partial charge in [0.25, 0.3) is 0 Å². The Balaban J connectivity index is 2.87. The van der Waals surface area contributed by atoms with Gasteiger partial charge in [-0.05, 0) is 25.3 Å². The number of hydrogen-bond acceptors (Lipinski definition) is 1. The van der Waals surface area contributed by atoms with Gasteiger partial charge >= 0.3 is 0 Å². The van der Waals surface area contributed by atoms with Crippen LogP contribution in [0.3, 0.4) is 0 Å². The molecule has 0 bridgehead atoms. The Morgan fingerprint density at radius 1 is 1.54 bits per heavy atom. The van der Waals surface area contributed by atoms with Crippen LogP contribution in [0.5, 0.6) is 0 Å². The maximum atomic E-state index is 13.3. The monoisotopic (exact) mass is 188 g/mol. The van der Waals surface area contributed by atoms with Crippen LogP contribution < -0.4 is 0 Å². The first-order chi connectivity index (χ1) is 6.15. The molecule has 0 aromatic heterocycles. The molecule has 0 aliphatic heterocycles. The maximum absolute atomic E-state index is 13.3. The summed E-state index contributed by atoms with van der Waals surface area (Å²) in [6.45, 7) is 3.89. The van der Waals surface area contributed by atoms with Crippen molar-refractivity contribution in [1.82, 2.24) is 0 Å². The van der Waals surface area contributed by atoms with Crippen molar-refractivity contribution < 1.29 is 13.5 Å². The largest absolute Gasteiger partial charge is 0.488 e. The van der Waals surface area contributed by atoms with E-state index in [0.717, 1.165) is 0 Å². The van der Waals surface area contributed by atoms with E-state index in [0.29, 0.717) is 13.0 Å². The van der Waals surface area contributed by atoms with Crippen LogP contribution in [0.15, 0.2) is 23.5 Å². The van der Waals surface area contributed by atoms with E-state index in [2.05, 4.69) is 0 Å². The molecule has 0 unspecified atom stereocenters. The molecule has 0 fully saturated rings. The Bertz CT molecular complexity index is 243. The normalized spacial score (nSPS) is 24.0. The second kappa shape index (κ2) is 4.40. The molecule has 0 radical (unpaired) electrons. The Kier molecular flexibility index (Phi) is 3.46. The number of ether oxygens (including phenoxy) is 1. The lowest BCUT2D eigenvalue weighted by atomic mass is 10.1. The summed E-state index contributed by atoms with van der Waals surface area (Å²) in [4.78, 5) is 0. The zero-order chi connectivity index (χ0) is 9.84. The van der Waals surface area contributed by atoms with Gasteiger partial charge in [0, 0.05) is 6.42 Å². The Hall–Kier alpha value is -0.860. The molecule has 1 aliphatic carbocycles. The predicted molar refractivity (Wildman–Crippen MR) is 47.3 cm³/mol. The van der Waals surface area contributed by atoms with E-state index in [1.807, 2.05) is 6.92 Å². The zero-order valence-corrected chi connectivity index (χ0v) is 7.94. The second-order valence-electron chi connectivity index (χ2n) is 3.26. The first-order valence-corrected chi connectivity index (χ1v) is 4.52. The summed E-state index contributed by atoms with van der Waals surface area (Å²) in [5.41, 5.74) is 0. The lowest BCUT2D eigenvalue weighted by Gasteiger charge is -2.07. The van der Waals surface area contributed by atoms with E-state index >= 15 is 0 Å². The fraction of sp³-hybridized carbons (Fsp3) is 0.600. The highest BCUT2D eigenvalue weighted by Gasteiger charge is 2.19. The maximum Gasteiger partial charge on any atom is 0.186 e. The quantitative estimate of drug-likeness (QED) is 0.644. The smallest absolute Gasteiger partial charge is 0.186 e. The third kappa shape index (κ3) is 2.54. The minimum atomic E-state index is -0.566. The molecule has 0 aromatic rings. The van der Waals surface area contributed by atoms with Crippen molar-refractivity contribution in [3.05, 3.63) is 23.5 Å². The lowest BCUT2D eigenvalue weighted by Crippen LogP contribution is -1.96. The van der Waals surface area contributed by atoms with Crippen molar-refractivity contribution >= 4 is 0 Å². The third-order valence-electron chi connectivity index (χ3n) is 1.98. The average molecular weight is 188 g/mol. The standard InChI is InChI=1S/C10H14F2O/c1-3-13-10-8(11)5-4-7(2)6-9(10)12/h5,7H,3-4,6H2,1-2H3/t7-/m1/s1. The van der Waals surface area contributed by atoms with Crippen LogP contribution in [0.2, 0.25) is 0 Å². The molecular formula is C10H14F2O. The van der Waals surface area contributed by atoms with E-state index in [1.54, 1.807) is 6.92 Å². The topological polar surface area (TPSA) is 9.23 Å². The summed E-state index contributed by atoms with van der Waals surface area (Å²) in [7, 11) is 0. The van der Waals surface area contributed by atoms with Crippen LogP contribution >= 0.6 is 0 Å². The summed E-state index contributed by atoms with van der Waals surface area (Å²) < 4.78 is 31.3. The number of rotatable bonds is 2. The molecule has 1 rings (SSSR count). The Morgan fingerprint density at radius 3 is 2.85 bits per heavy atom. The van der Waals surface area contributed by atoms with E-state index in [9.17, 15) is 8.78 Å². The van der Waals surface area contributed by atoms with Gasteiger partial charge in [0.2, 0.25) is 0 Å². The van der Waals surface area contributed by atoms with Crippen LogP contribution in [-0.4, -0.2) is 6.61 Å². The third-order valence-corrected chi connectivity index (χ3v) is 1.98. The molecule has 1 nitrogen and oxygen atoms in total. The minimum absolute atomic E-state index is 0.142. The fourth-order valence-electron chi connectivity index (χ4n) is 1.30. The van der Waals surface area contributed by atoms with Crippen molar-refractivity contribution in [2.75, 3.05) is 6.61 Å². The number of halogens is 2. The Morgan fingerprint density at radius 2 is 2.23 bits per heavy atom. The first-order valence-electron chi connectivity index (χ1n) is 4.52. The Labute approximate surface area is 77.1 Å². The molecular weight excluding hydrogens is 174 g/mol. The molecule has 3 heteroatoms. The van der Waals surface area contributed by atoms with Crippen molar-refractivity contribution in [3.8, 4) is 0 Å². The minimum Gasteiger partial charge on any atom is -0.488 e. The van der Waals surface area contributed by atoms with Gasteiger partial charge < -0.3 is 4.74 Å². The van der Waals surface area contributed by atoms with E-state index < -0.39 is 11.7 Å². The predicted octanol–water partition coefficient (Wildman–Crippen LogP) is 3.49.